The Morgan fingerprint density at radius 2 is 2.24 bits per heavy atom. The number of benzene rings is 1. The van der Waals surface area contributed by atoms with Crippen LogP contribution in [-0.2, 0) is 4.79 Å². The first-order valence-corrected chi connectivity index (χ1v) is 6.47. The van der Waals surface area contributed by atoms with Crippen molar-refractivity contribution in [3.63, 3.8) is 0 Å². The molecule has 1 aromatic carbocycles. The maximum absolute atomic E-state index is 12.1. The van der Waals surface area contributed by atoms with E-state index in [9.17, 15) is 9.59 Å². The molecule has 1 aromatic heterocycles. The normalized spacial score (nSPS) is 16.7. The summed E-state index contributed by atoms with van der Waals surface area (Å²) in [5.41, 5.74) is 2.27. The highest BCUT2D eigenvalue weighted by atomic mass is 16.5. The van der Waals surface area contributed by atoms with Gasteiger partial charge >= 0.3 is 0 Å². The molecule has 3 N–H and O–H groups in total. The molecular weight excluding hydrogens is 272 g/mol. The second-order valence-corrected chi connectivity index (χ2v) is 4.82. The summed E-state index contributed by atoms with van der Waals surface area (Å²) in [5.74, 6) is 0.105. The number of fused-ring (bicyclic) bond motifs is 1. The number of carbonyl (C=O) groups is 2. The number of hydrogen-bond donors (Lipinski definition) is 3. The van der Waals surface area contributed by atoms with E-state index in [-0.39, 0.29) is 11.8 Å². The SMILES string of the molecule is Cc1[nH]ncc1C(=O)Nc1ccc2c(c1)NC(=O)C(C)O2. The van der Waals surface area contributed by atoms with Crippen LogP contribution in [0.2, 0.25) is 0 Å². The van der Waals surface area contributed by atoms with Gasteiger partial charge in [0.25, 0.3) is 11.8 Å². The van der Waals surface area contributed by atoms with Crippen molar-refractivity contribution in [3.05, 3.63) is 35.7 Å². The van der Waals surface area contributed by atoms with Crippen LogP contribution in [-0.4, -0.2) is 28.1 Å². The average Bonchev–Trinajstić information content (AvgIpc) is 2.87. The molecule has 1 aliphatic heterocycles. The van der Waals surface area contributed by atoms with E-state index in [1.807, 2.05) is 0 Å². The molecule has 0 saturated heterocycles. The van der Waals surface area contributed by atoms with Crippen LogP contribution in [0.4, 0.5) is 11.4 Å². The van der Waals surface area contributed by atoms with Crippen LogP contribution in [0.25, 0.3) is 0 Å². The molecule has 0 fully saturated rings. The smallest absolute Gasteiger partial charge is 0.265 e. The van der Waals surface area contributed by atoms with Gasteiger partial charge in [0.2, 0.25) is 0 Å². The lowest BCUT2D eigenvalue weighted by Crippen LogP contribution is -2.34. The third kappa shape index (κ3) is 2.45. The predicted molar refractivity (Wildman–Crippen MR) is 76.4 cm³/mol. The highest BCUT2D eigenvalue weighted by Gasteiger charge is 2.23. The number of anilines is 2. The Morgan fingerprint density at radius 3 is 2.95 bits per heavy atom. The van der Waals surface area contributed by atoms with Gasteiger partial charge in [0.1, 0.15) is 5.75 Å². The molecule has 0 saturated carbocycles. The number of carbonyl (C=O) groups excluding carboxylic acids is 2. The minimum atomic E-state index is -0.522. The monoisotopic (exact) mass is 286 g/mol. The Labute approximate surface area is 120 Å². The van der Waals surface area contributed by atoms with E-state index in [2.05, 4.69) is 20.8 Å². The van der Waals surface area contributed by atoms with Crippen molar-refractivity contribution in [1.29, 1.82) is 0 Å². The summed E-state index contributed by atoms with van der Waals surface area (Å²) in [6, 6.07) is 5.09. The van der Waals surface area contributed by atoms with E-state index in [4.69, 9.17) is 4.74 Å². The summed E-state index contributed by atoms with van der Waals surface area (Å²) >= 11 is 0. The van der Waals surface area contributed by atoms with E-state index < -0.39 is 6.10 Å². The van der Waals surface area contributed by atoms with Gasteiger partial charge < -0.3 is 15.4 Å². The van der Waals surface area contributed by atoms with Gasteiger partial charge in [-0.1, -0.05) is 0 Å². The first-order valence-electron chi connectivity index (χ1n) is 6.47. The minimum absolute atomic E-state index is 0.211. The summed E-state index contributed by atoms with van der Waals surface area (Å²) in [4.78, 5) is 23.7. The highest BCUT2D eigenvalue weighted by Crippen LogP contribution is 2.32. The molecule has 108 valence electrons. The number of aromatic amines is 1. The minimum Gasteiger partial charge on any atom is -0.479 e. The number of hydrogen-bond acceptors (Lipinski definition) is 4. The fraction of sp³-hybridized carbons (Fsp3) is 0.214. The fourth-order valence-electron chi connectivity index (χ4n) is 2.06. The fourth-order valence-corrected chi connectivity index (χ4v) is 2.06. The lowest BCUT2D eigenvalue weighted by molar-refractivity contribution is -0.122. The number of nitrogens with zero attached hydrogens (tertiary/aromatic N) is 1. The van der Waals surface area contributed by atoms with E-state index in [0.29, 0.717) is 28.4 Å². The number of amides is 2. The molecule has 2 amide bonds. The van der Waals surface area contributed by atoms with Crippen molar-refractivity contribution in [3.8, 4) is 5.75 Å². The van der Waals surface area contributed by atoms with Crippen LogP contribution in [0.3, 0.4) is 0 Å². The zero-order chi connectivity index (χ0) is 15.0. The number of aryl methyl sites for hydroxylation is 1. The molecule has 2 heterocycles. The zero-order valence-electron chi connectivity index (χ0n) is 11.6. The van der Waals surface area contributed by atoms with Crippen molar-refractivity contribution in [2.75, 3.05) is 10.6 Å². The Hall–Kier alpha value is -2.83. The van der Waals surface area contributed by atoms with Gasteiger partial charge in [-0.15, -0.1) is 0 Å². The van der Waals surface area contributed by atoms with Gasteiger partial charge in [0.05, 0.1) is 17.4 Å². The number of ether oxygens (including phenoxy) is 1. The van der Waals surface area contributed by atoms with Crippen molar-refractivity contribution in [2.24, 2.45) is 0 Å². The molecule has 0 spiro atoms. The Bertz CT molecular complexity index is 723. The first-order chi connectivity index (χ1) is 10.0. The largest absolute Gasteiger partial charge is 0.479 e. The molecule has 7 heteroatoms. The van der Waals surface area contributed by atoms with Gasteiger partial charge in [-0.2, -0.15) is 5.10 Å². The second-order valence-electron chi connectivity index (χ2n) is 4.82. The van der Waals surface area contributed by atoms with E-state index in [0.717, 1.165) is 0 Å². The summed E-state index contributed by atoms with van der Waals surface area (Å²) in [6.07, 6.45) is 0.946. The van der Waals surface area contributed by atoms with E-state index in [1.54, 1.807) is 32.0 Å². The average molecular weight is 286 g/mol. The van der Waals surface area contributed by atoms with Crippen molar-refractivity contribution in [2.45, 2.75) is 20.0 Å². The quantitative estimate of drug-likeness (QED) is 0.782. The Balaban J connectivity index is 1.82. The van der Waals surface area contributed by atoms with E-state index in [1.165, 1.54) is 6.20 Å². The van der Waals surface area contributed by atoms with Gasteiger partial charge in [0, 0.05) is 11.4 Å². The molecule has 1 atom stereocenters. The molecule has 1 unspecified atom stereocenters. The number of H-pyrrole nitrogens is 1. The van der Waals surface area contributed by atoms with Crippen LogP contribution >= 0.6 is 0 Å². The van der Waals surface area contributed by atoms with Crippen molar-refractivity contribution in [1.82, 2.24) is 10.2 Å². The third-order valence-electron chi connectivity index (χ3n) is 3.24. The van der Waals surface area contributed by atoms with Crippen LogP contribution in [0, 0.1) is 6.92 Å². The van der Waals surface area contributed by atoms with Crippen LogP contribution in [0.1, 0.15) is 23.0 Å². The van der Waals surface area contributed by atoms with Crippen LogP contribution < -0.4 is 15.4 Å². The molecule has 0 aliphatic carbocycles. The Kier molecular flexibility index (Phi) is 3.09. The van der Waals surface area contributed by atoms with Crippen molar-refractivity contribution < 1.29 is 14.3 Å². The maximum Gasteiger partial charge on any atom is 0.265 e. The lowest BCUT2D eigenvalue weighted by Gasteiger charge is -2.23. The lowest BCUT2D eigenvalue weighted by atomic mass is 10.2. The van der Waals surface area contributed by atoms with Gasteiger partial charge in [-0.05, 0) is 32.0 Å². The van der Waals surface area contributed by atoms with E-state index >= 15 is 0 Å². The summed E-state index contributed by atoms with van der Waals surface area (Å²) < 4.78 is 5.46. The topological polar surface area (TPSA) is 96.1 Å². The highest BCUT2D eigenvalue weighted by molar-refractivity contribution is 6.05. The summed E-state index contributed by atoms with van der Waals surface area (Å²) in [7, 11) is 0. The molecule has 1 aliphatic rings. The third-order valence-corrected chi connectivity index (χ3v) is 3.24. The number of aromatic nitrogens is 2. The predicted octanol–water partition coefficient (Wildman–Crippen LogP) is 1.69. The second kappa shape index (κ2) is 4.93. The number of rotatable bonds is 2. The summed E-state index contributed by atoms with van der Waals surface area (Å²) in [5, 5.41) is 12.0. The molecule has 7 nitrogen and oxygen atoms in total. The molecule has 2 aromatic rings. The standard InChI is InChI=1S/C14H14N4O3/c1-7-10(6-15-18-7)14(20)16-9-3-4-12-11(5-9)17-13(19)8(2)21-12/h3-6,8H,1-2H3,(H,15,18)(H,16,20)(H,17,19). The maximum atomic E-state index is 12.1. The van der Waals surface area contributed by atoms with Gasteiger partial charge in [0.15, 0.2) is 6.10 Å². The summed E-state index contributed by atoms with van der Waals surface area (Å²) in [6.45, 7) is 3.44. The molecule has 3 rings (SSSR count). The molecule has 0 radical (unpaired) electrons. The van der Waals surface area contributed by atoms with Crippen LogP contribution in [0.15, 0.2) is 24.4 Å². The molecule has 21 heavy (non-hydrogen) atoms. The Morgan fingerprint density at radius 1 is 1.43 bits per heavy atom. The first kappa shape index (κ1) is 13.2. The van der Waals surface area contributed by atoms with Gasteiger partial charge in [-0.25, -0.2) is 0 Å². The molecular formula is C14H14N4O3. The number of nitrogens with one attached hydrogen (secondary N) is 3. The molecule has 0 bridgehead atoms. The zero-order valence-corrected chi connectivity index (χ0v) is 11.6. The van der Waals surface area contributed by atoms with Crippen molar-refractivity contribution >= 4 is 23.2 Å². The van der Waals surface area contributed by atoms with Crippen LogP contribution in [0.5, 0.6) is 5.75 Å². The van der Waals surface area contributed by atoms with Gasteiger partial charge in [-0.3, -0.25) is 14.7 Å².